The summed E-state index contributed by atoms with van der Waals surface area (Å²) >= 11 is 12.2. The smallest absolute Gasteiger partial charge is 0.320 e. The van der Waals surface area contributed by atoms with Crippen LogP contribution < -0.4 is 15.5 Å². The van der Waals surface area contributed by atoms with Crippen LogP contribution in [0.15, 0.2) is 60.7 Å². The van der Waals surface area contributed by atoms with Crippen LogP contribution in [0.5, 0.6) is 0 Å². The third kappa shape index (κ3) is 5.61. The van der Waals surface area contributed by atoms with Crippen molar-refractivity contribution in [1.29, 1.82) is 0 Å². The van der Waals surface area contributed by atoms with E-state index in [9.17, 15) is 14.0 Å². The van der Waals surface area contributed by atoms with Crippen LogP contribution >= 0.6 is 23.2 Å². The number of benzene rings is 3. The van der Waals surface area contributed by atoms with E-state index >= 15 is 0 Å². The highest BCUT2D eigenvalue weighted by Crippen LogP contribution is 2.31. The van der Waals surface area contributed by atoms with Gasteiger partial charge in [-0.1, -0.05) is 35.3 Å². The van der Waals surface area contributed by atoms with Gasteiger partial charge >= 0.3 is 12.1 Å². The third-order valence-electron chi connectivity index (χ3n) is 5.45. The maximum Gasteiger partial charge on any atom is 0.324 e. The van der Waals surface area contributed by atoms with E-state index in [1.165, 1.54) is 18.2 Å². The highest BCUT2D eigenvalue weighted by Gasteiger charge is 2.29. The van der Waals surface area contributed by atoms with Gasteiger partial charge in [0.05, 0.1) is 11.4 Å². The number of hydrogen-bond donors (Lipinski definition) is 2. The quantitative estimate of drug-likeness (QED) is 0.399. The van der Waals surface area contributed by atoms with E-state index < -0.39 is 11.8 Å². The van der Waals surface area contributed by atoms with Crippen LogP contribution in [0.1, 0.15) is 17.5 Å². The molecule has 34 heavy (non-hydrogen) atoms. The average molecular weight is 501 g/mol. The van der Waals surface area contributed by atoms with E-state index in [0.717, 1.165) is 5.56 Å². The maximum atomic E-state index is 13.7. The summed E-state index contributed by atoms with van der Waals surface area (Å²) in [7, 11) is 0. The van der Waals surface area contributed by atoms with Gasteiger partial charge in [0.15, 0.2) is 0 Å². The SMILES string of the molecule is Cc1ccc(N2CCCN(Cc3cc(F)ccc3Cl)C2=O)c(NC(=O)Nc2cccc(Cl)c2)c1. The molecule has 1 saturated heterocycles. The molecule has 0 atom stereocenters. The second-order valence-corrected chi connectivity index (χ2v) is 8.90. The lowest BCUT2D eigenvalue weighted by atomic mass is 10.1. The first-order chi connectivity index (χ1) is 16.3. The van der Waals surface area contributed by atoms with E-state index in [2.05, 4.69) is 10.6 Å². The first-order valence-corrected chi connectivity index (χ1v) is 11.5. The van der Waals surface area contributed by atoms with Crippen molar-refractivity contribution in [1.82, 2.24) is 4.90 Å². The summed E-state index contributed by atoms with van der Waals surface area (Å²) in [5.74, 6) is -0.406. The van der Waals surface area contributed by atoms with Crippen LogP contribution in [-0.2, 0) is 6.54 Å². The summed E-state index contributed by atoms with van der Waals surface area (Å²) in [6, 6.07) is 15.7. The standard InChI is InChI=1S/C25H23Cl2FN4O2/c1-16-6-9-23(22(12-16)30-24(33)29-20-5-2-4-18(26)14-20)32-11-3-10-31(25(32)34)15-17-13-19(28)7-8-21(17)27/h2,4-9,12-14H,3,10-11,15H2,1H3,(H2,29,30,33). The fraction of sp³-hybridized carbons (Fsp3) is 0.200. The fourth-order valence-corrected chi connectivity index (χ4v) is 4.23. The van der Waals surface area contributed by atoms with Gasteiger partial charge in [-0.15, -0.1) is 0 Å². The molecule has 1 aliphatic rings. The zero-order valence-corrected chi connectivity index (χ0v) is 20.0. The van der Waals surface area contributed by atoms with Crippen LogP contribution in [0.3, 0.4) is 0 Å². The zero-order valence-electron chi connectivity index (χ0n) is 18.4. The Morgan fingerprint density at radius 3 is 2.65 bits per heavy atom. The van der Waals surface area contributed by atoms with Crippen LogP contribution in [0.4, 0.5) is 31.0 Å². The maximum absolute atomic E-state index is 13.7. The number of nitrogens with one attached hydrogen (secondary N) is 2. The van der Waals surface area contributed by atoms with Crippen molar-refractivity contribution in [2.75, 3.05) is 28.6 Å². The molecule has 0 unspecified atom stereocenters. The molecule has 0 radical (unpaired) electrons. The van der Waals surface area contributed by atoms with Crippen molar-refractivity contribution < 1.29 is 14.0 Å². The predicted octanol–water partition coefficient (Wildman–Crippen LogP) is 6.92. The topological polar surface area (TPSA) is 64.7 Å². The van der Waals surface area contributed by atoms with Gasteiger partial charge in [0, 0.05) is 35.4 Å². The Kier molecular flexibility index (Phi) is 7.24. The van der Waals surface area contributed by atoms with Gasteiger partial charge in [0.1, 0.15) is 5.82 Å². The van der Waals surface area contributed by atoms with E-state index in [4.69, 9.17) is 23.2 Å². The Morgan fingerprint density at radius 1 is 1.03 bits per heavy atom. The molecular weight excluding hydrogens is 478 g/mol. The first-order valence-electron chi connectivity index (χ1n) is 10.7. The summed E-state index contributed by atoms with van der Waals surface area (Å²) in [4.78, 5) is 29.3. The molecule has 3 aromatic rings. The number of carbonyl (C=O) groups is 2. The second kappa shape index (κ2) is 10.3. The van der Waals surface area contributed by atoms with Crippen molar-refractivity contribution in [3.05, 3.63) is 87.7 Å². The van der Waals surface area contributed by atoms with E-state index in [1.54, 1.807) is 40.1 Å². The molecule has 176 valence electrons. The van der Waals surface area contributed by atoms with Gasteiger partial charge in [0.2, 0.25) is 0 Å². The number of aryl methyl sites for hydroxylation is 1. The molecule has 0 saturated carbocycles. The minimum Gasteiger partial charge on any atom is -0.320 e. The highest BCUT2D eigenvalue weighted by molar-refractivity contribution is 6.31. The molecule has 0 aromatic heterocycles. The summed E-state index contributed by atoms with van der Waals surface area (Å²) in [6.07, 6.45) is 0.709. The third-order valence-corrected chi connectivity index (χ3v) is 6.06. The lowest BCUT2D eigenvalue weighted by molar-refractivity contribution is 0.192. The number of amides is 4. The monoisotopic (exact) mass is 500 g/mol. The van der Waals surface area contributed by atoms with Gasteiger partial charge in [-0.25, -0.2) is 14.0 Å². The number of anilines is 3. The summed E-state index contributed by atoms with van der Waals surface area (Å²) in [5.41, 5.74) is 3.09. The van der Waals surface area contributed by atoms with E-state index in [0.29, 0.717) is 52.2 Å². The molecule has 0 bridgehead atoms. The van der Waals surface area contributed by atoms with Gasteiger partial charge in [-0.05, 0) is 73.0 Å². The van der Waals surface area contributed by atoms with Crippen molar-refractivity contribution in [2.45, 2.75) is 19.9 Å². The molecule has 1 fully saturated rings. The van der Waals surface area contributed by atoms with Gasteiger partial charge < -0.3 is 15.5 Å². The number of urea groups is 2. The summed E-state index contributed by atoms with van der Waals surface area (Å²) in [5, 5.41) is 6.50. The zero-order chi connectivity index (χ0) is 24.2. The molecule has 0 aliphatic carbocycles. The number of nitrogens with zero attached hydrogens (tertiary/aromatic N) is 2. The van der Waals surface area contributed by atoms with Crippen molar-refractivity contribution in [2.24, 2.45) is 0 Å². The van der Waals surface area contributed by atoms with Crippen molar-refractivity contribution in [3.63, 3.8) is 0 Å². The first kappa shape index (κ1) is 23.9. The van der Waals surface area contributed by atoms with Crippen LogP contribution in [-0.4, -0.2) is 30.1 Å². The van der Waals surface area contributed by atoms with Crippen LogP contribution in [0.2, 0.25) is 10.0 Å². The Morgan fingerprint density at radius 2 is 1.85 bits per heavy atom. The Hall–Kier alpha value is -3.29. The average Bonchev–Trinajstić information content (AvgIpc) is 2.78. The Labute approximate surface area is 207 Å². The summed E-state index contributed by atoms with van der Waals surface area (Å²) < 4.78 is 13.7. The summed E-state index contributed by atoms with van der Waals surface area (Å²) in [6.45, 7) is 3.10. The molecule has 9 heteroatoms. The lowest BCUT2D eigenvalue weighted by Gasteiger charge is -2.36. The molecule has 6 nitrogen and oxygen atoms in total. The Bertz CT molecular complexity index is 1240. The minimum atomic E-state index is -0.457. The molecule has 0 spiro atoms. The highest BCUT2D eigenvalue weighted by atomic mass is 35.5. The lowest BCUT2D eigenvalue weighted by Crippen LogP contribution is -2.49. The molecule has 1 aliphatic heterocycles. The van der Waals surface area contributed by atoms with Crippen molar-refractivity contribution in [3.8, 4) is 0 Å². The fourth-order valence-electron chi connectivity index (χ4n) is 3.86. The minimum absolute atomic E-state index is 0.190. The van der Waals surface area contributed by atoms with E-state index in [-0.39, 0.29) is 12.6 Å². The van der Waals surface area contributed by atoms with Gasteiger partial charge in [0.25, 0.3) is 0 Å². The largest absolute Gasteiger partial charge is 0.324 e. The Balaban J connectivity index is 1.54. The van der Waals surface area contributed by atoms with Crippen molar-refractivity contribution >= 4 is 52.3 Å². The number of hydrogen-bond acceptors (Lipinski definition) is 2. The van der Waals surface area contributed by atoms with Gasteiger partial charge in [-0.2, -0.15) is 0 Å². The van der Waals surface area contributed by atoms with E-state index in [1.807, 2.05) is 19.1 Å². The normalized spacial score (nSPS) is 13.7. The van der Waals surface area contributed by atoms with Crippen LogP contribution in [0.25, 0.3) is 0 Å². The molecular formula is C25H23Cl2FN4O2. The van der Waals surface area contributed by atoms with Gasteiger partial charge in [-0.3, -0.25) is 4.90 Å². The second-order valence-electron chi connectivity index (χ2n) is 8.06. The number of rotatable bonds is 5. The van der Waals surface area contributed by atoms with Crippen LogP contribution in [0, 0.1) is 12.7 Å². The molecule has 4 amide bonds. The molecule has 1 heterocycles. The number of halogens is 3. The molecule has 2 N–H and O–H groups in total. The molecule has 4 rings (SSSR count). The molecule has 3 aromatic carbocycles. The predicted molar refractivity (Wildman–Crippen MR) is 134 cm³/mol. The number of carbonyl (C=O) groups excluding carboxylic acids is 2.